The molecule has 1 aliphatic rings. The number of carbonyl (C=O) groups is 1. The van der Waals surface area contributed by atoms with Crippen LogP contribution in [0.1, 0.15) is 27.8 Å². The van der Waals surface area contributed by atoms with Crippen molar-refractivity contribution in [3.63, 3.8) is 0 Å². The number of ether oxygens (including phenoxy) is 1. The van der Waals surface area contributed by atoms with E-state index < -0.39 is 0 Å². The number of hydrogen-bond donors (Lipinski definition) is 0. The molecule has 1 aliphatic heterocycles. The highest BCUT2D eigenvalue weighted by Crippen LogP contribution is 2.27. The second kappa shape index (κ2) is 5.61. The summed E-state index contributed by atoms with van der Waals surface area (Å²) in [4.78, 5) is 13.5. The van der Waals surface area contributed by atoms with Crippen LogP contribution in [-0.4, -0.2) is 34.7 Å². The van der Waals surface area contributed by atoms with E-state index in [0.29, 0.717) is 18.8 Å². The summed E-state index contributed by atoms with van der Waals surface area (Å²) in [5, 5.41) is 4.40. The molecule has 6 heteroatoms. The quantitative estimate of drug-likeness (QED) is 0.837. The van der Waals surface area contributed by atoms with Crippen molar-refractivity contribution in [2.24, 2.45) is 0 Å². The molecule has 0 unspecified atom stereocenters. The molecule has 2 aromatic rings. The number of aromatic nitrogens is 2. The second-order valence-electron chi connectivity index (χ2n) is 5.25. The summed E-state index contributed by atoms with van der Waals surface area (Å²) in [6.45, 7) is 1.09. The van der Waals surface area contributed by atoms with E-state index in [0.717, 1.165) is 15.7 Å². The van der Waals surface area contributed by atoms with Crippen LogP contribution in [0.3, 0.4) is 0 Å². The van der Waals surface area contributed by atoms with Crippen molar-refractivity contribution in [1.29, 1.82) is 0 Å². The molecule has 0 spiro atoms. The smallest absolute Gasteiger partial charge is 0.273 e. The molecule has 0 bridgehead atoms. The minimum atomic E-state index is -0.0860. The van der Waals surface area contributed by atoms with Crippen molar-refractivity contribution in [3.8, 4) is 0 Å². The van der Waals surface area contributed by atoms with Gasteiger partial charge in [0.15, 0.2) is 5.69 Å². The molecule has 0 saturated heterocycles. The molecular weight excluding hydrogens is 334 g/mol. The number of nitrogens with zero attached hydrogens (tertiary/aromatic N) is 3. The Labute approximate surface area is 131 Å². The van der Waals surface area contributed by atoms with E-state index in [9.17, 15) is 4.79 Å². The predicted molar refractivity (Wildman–Crippen MR) is 81.9 cm³/mol. The molecule has 2 heterocycles. The van der Waals surface area contributed by atoms with E-state index in [1.807, 2.05) is 28.9 Å². The molecule has 1 aromatic carbocycles. The van der Waals surface area contributed by atoms with E-state index >= 15 is 0 Å². The highest BCUT2D eigenvalue weighted by molar-refractivity contribution is 9.10. The van der Waals surface area contributed by atoms with Gasteiger partial charge in [0.2, 0.25) is 0 Å². The minimum absolute atomic E-state index is 0.0344. The Balaban J connectivity index is 1.82. The summed E-state index contributed by atoms with van der Waals surface area (Å²) < 4.78 is 8.79. The Morgan fingerprint density at radius 1 is 1.38 bits per heavy atom. The van der Waals surface area contributed by atoms with Crippen LogP contribution >= 0.6 is 15.9 Å². The van der Waals surface area contributed by atoms with Gasteiger partial charge >= 0.3 is 0 Å². The number of amides is 1. The van der Waals surface area contributed by atoms with Gasteiger partial charge in [-0.3, -0.25) is 9.48 Å². The first kappa shape index (κ1) is 14.3. The van der Waals surface area contributed by atoms with E-state index in [-0.39, 0.29) is 12.0 Å². The van der Waals surface area contributed by atoms with Gasteiger partial charge in [-0.2, -0.15) is 5.10 Å². The Morgan fingerprint density at radius 2 is 2.10 bits per heavy atom. The second-order valence-corrected chi connectivity index (χ2v) is 6.17. The maximum Gasteiger partial charge on any atom is 0.273 e. The molecule has 5 nitrogen and oxygen atoms in total. The topological polar surface area (TPSA) is 47.4 Å². The number of benzene rings is 1. The molecule has 21 heavy (non-hydrogen) atoms. The van der Waals surface area contributed by atoms with Crippen LogP contribution in [0, 0.1) is 0 Å². The fraction of sp³-hybridized carbons (Fsp3) is 0.333. The van der Waals surface area contributed by atoms with Gasteiger partial charge in [-0.25, -0.2) is 0 Å². The van der Waals surface area contributed by atoms with Crippen molar-refractivity contribution in [2.75, 3.05) is 14.1 Å². The lowest BCUT2D eigenvalue weighted by atomic mass is 10.1. The third-order valence-electron chi connectivity index (χ3n) is 3.50. The number of fused-ring (bicyclic) bond motifs is 1. The Kier molecular flexibility index (Phi) is 3.82. The van der Waals surface area contributed by atoms with E-state index in [2.05, 4.69) is 21.0 Å². The van der Waals surface area contributed by atoms with E-state index in [1.54, 1.807) is 20.2 Å². The van der Waals surface area contributed by atoms with Gasteiger partial charge in [-0.15, -0.1) is 0 Å². The zero-order valence-corrected chi connectivity index (χ0v) is 13.5. The van der Waals surface area contributed by atoms with Gasteiger partial charge < -0.3 is 9.64 Å². The first-order valence-corrected chi connectivity index (χ1v) is 7.49. The van der Waals surface area contributed by atoms with Gasteiger partial charge in [-0.1, -0.05) is 28.1 Å². The van der Waals surface area contributed by atoms with E-state index in [1.165, 1.54) is 4.90 Å². The first-order chi connectivity index (χ1) is 10.0. The van der Waals surface area contributed by atoms with Crippen molar-refractivity contribution < 1.29 is 9.53 Å². The van der Waals surface area contributed by atoms with Crippen LogP contribution < -0.4 is 0 Å². The maximum absolute atomic E-state index is 12.0. The third-order valence-corrected chi connectivity index (χ3v) is 4.03. The predicted octanol–water partition coefficient (Wildman–Crippen LogP) is 2.62. The number of hydrogen-bond acceptors (Lipinski definition) is 3. The van der Waals surface area contributed by atoms with Crippen molar-refractivity contribution in [2.45, 2.75) is 19.3 Å². The van der Waals surface area contributed by atoms with Crippen molar-refractivity contribution in [3.05, 3.63) is 51.8 Å². The molecule has 0 aliphatic carbocycles. The van der Waals surface area contributed by atoms with Crippen LogP contribution in [-0.2, 0) is 17.9 Å². The zero-order chi connectivity index (χ0) is 15.0. The largest absolute Gasteiger partial charge is 0.365 e. The third kappa shape index (κ3) is 2.87. The van der Waals surface area contributed by atoms with Crippen LogP contribution in [0.25, 0.3) is 0 Å². The van der Waals surface area contributed by atoms with Crippen molar-refractivity contribution >= 4 is 21.8 Å². The molecule has 1 atom stereocenters. The van der Waals surface area contributed by atoms with Crippen LogP contribution in [0.5, 0.6) is 0 Å². The highest BCUT2D eigenvalue weighted by atomic mass is 79.9. The molecule has 1 aromatic heterocycles. The lowest BCUT2D eigenvalue weighted by Gasteiger charge is -2.24. The van der Waals surface area contributed by atoms with Crippen LogP contribution in [0.2, 0.25) is 0 Å². The molecule has 0 radical (unpaired) electrons. The molecule has 0 fully saturated rings. The Hall–Kier alpha value is -1.66. The first-order valence-electron chi connectivity index (χ1n) is 6.70. The molecule has 0 N–H and O–H groups in total. The Bertz CT molecular complexity index is 664. The fourth-order valence-electron chi connectivity index (χ4n) is 2.34. The molecule has 3 rings (SSSR count). The fourth-order valence-corrected chi connectivity index (χ4v) is 2.60. The summed E-state index contributed by atoms with van der Waals surface area (Å²) in [5.74, 6) is -0.0860. The number of rotatable bonds is 2. The average molecular weight is 350 g/mol. The highest BCUT2D eigenvalue weighted by Gasteiger charge is 2.24. The van der Waals surface area contributed by atoms with Gasteiger partial charge in [0.05, 0.1) is 18.8 Å². The monoisotopic (exact) mass is 349 g/mol. The van der Waals surface area contributed by atoms with Crippen LogP contribution in [0.4, 0.5) is 0 Å². The summed E-state index contributed by atoms with van der Waals surface area (Å²) >= 11 is 3.43. The van der Waals surface area contributed by atoms with Gasteiger partial charge in [0, 0.05) is 18.6 Å². The zero-order valence-electron chi connectivity index (χ0n) is 11.9. The van der Waals surface area contributed by atoms with Gasteiger partial charge in [0.1, 0.15) is 6.10 Å². The lowest BCUT2D eigenvalue weighted by Crippen LogP contribution is -2.23. The summed E-state index contributed by atoms with van der Waals surface area (Å²) in [5.41, 5.74) is 2.52. The van der Waals surface area contributed by atoms with E-state index in [4.69, 9.17) is 4.74 Å². The lowest BCUT2D eigenvalue weighted by molar-refractivity contribution is -0.00121. The minimum Gasteiger partial charge on any atom is -0.365 e. The Morgan fingerprint density at radius 3 is 2.76 bits per heavy atom. The normalized spacial score (nSPS) is 17.4. The summed E-state index contributed by atoms with van der Waals surface area (Å²) in [6, 6.07) is 9.88. The molecule has 110 valence electrons. The summed E-state index contributed by atoms with van der Waals surface area (Å²) in [7, 11) is 3.45. The maximum atomic E-state index is 12.0. The van der Waals surface area contributed by atoms with Gasteiger partial charge in [-0.05, 0) is 23.8 Å². The number of carbonyl (C=O) groups excluding carboxylic acids is 1. The average Bonchev–Trinajstić information content (AvgIpc) is 2.89. The molecular formula is C15H16BrN3O2. The van der Waals surface area contributed by atoms with Gasteiger partial charge in [0.25, 0.3) is 5.91 Å². The van der Waals surface area contributed by atoms with Crippen LogP contribution in [0.15, 0.2) is 34.8 Å². The van der Waals surface area contributed by atoms with Crippen molar-refractivity contribution in [1.82, 2.24) is 14.7 Å². The SMILES string of the molecule is CN(C)C(=O)c1cc2n(n1)C[C@H](c1ccc(Br)cc1)OC2. The standard InChI is InChI=1S/C15H16BrN3O2/c1-18(2)15(20)13-7-12-9-21-14(8-19(12)17-13)10-3-5-11(16)6-4-10/h3-7,14H,8-9H2,1-2H3/t14-/m1/s1. The number of halogens is 1. The molecule has 1 amide bonds. The summed E-state index contributed by atoms with van der Waals surface area (Å²) in [6.07, 6.45) is -0.0344. The molecule has 0 saturated carbocycles.